The van der Waals surface area contributed by atoms with Crippen LogP contribution < -0.4 is 10.5 Å². The summed E-state index contributed by atoms with van der Waals surface area (Å²) in [5, 5.41) is 1.37. The Morgan fingerprint density at radius 3 is 2.47 bits per heavy atom. The van der Waals surface area contributed by atoms with Crippen LogP contribution in [0.3, 0.4) is 0 Å². The second kappa shape index (κ2) is 6.29. The molecule has 0 saturated heterocycles. The number of aryl methyl sites for hydroxylation is 1. The summed E-state index contributed by atoms with van der Waals surface area (Å²) < 4.78 is 5.90. The lowest BCUT2D eigenvalue weighted by atomic mass is 10.1. The first kappa shape index (κ1) is 14.2. The summed E-state index contributed by atoms with van der Waals surface area (Å²) in [6.07, 6.45) is -0.269. The Hall–Kier alpha value is -1.22. The standard InChI is InChI=1S/C15H15Cl2NO/c1-10-8-11(6-7-13(10)16)19-15(9-18)12-4-2-3-5-14(12)17/h2-8,15H,9,18H2,1H3. The predicted molar refractivity (Wildman–Crippen MR) is 80.1 cm³/mol. The van der Waals surface area contributed by atoms with Gasteiger partial charge in [-0.05, 0) is 36.8 Å². The highest BCUT2D eigenvalue weighted by atomic mass is 35.5. The molecule has 1 atom stereocenters. The Morgan fingerprint density at radius 2 is 1.84 bits per heavy atom. The van der Waals surface area contributed by atoms with E-state index in [0.29, 0.717) is 11.6 Å². The summed E-state index contributed by atoms with van der Waals surface area (Å²) in [6, 6.07) is 13.1. The van der Waals surface area contributed by atoms with Gasteiger partial charge in [-0.25, -0.2) is 0 Å². The summed E-state index contributed by atoms with van der Waals surface area (Å²) in [5.74, 6) is 0.734. The Kier molecular flexibility index (Phi) is 4.70. The maximum absolute atomic E-state index is 6.16. The highest BCUT2D eigenvalue weighted by Gasteiger charge is 2.14. The number of hydrogen-bond donors (Lipinski definition) is 1. The molecule has 0 amide bonds. The molecule has 0 spiro atoms. The number of rotatable bonds is 4. The van der Waals surface area contributed by atoms with Crippen LogP contribution in [0.15, 0.2) is 42.5 Å². The first-order valence-electron chi connectivity index (χ1n) is 5.99. The average Bonchev–Trinajstić information content (AvgIpc) is 2.41. The van der Waals surface area contributed by atoms with Gasteiger partial charge in [0.05, 0.1) is 0 Å². The highest BCUT2D eigenvalue weighted by Crippen LogP contribution is 2.28. The Morgan fingerprint density at radius 1 is 1.11 bits per heavy atom. The van der Waals surface area contributed by atoms with E-state index in [2.05, 4.69) is 0 Å². The van der Waals surface area contributed by atoms with E-state index in [1.54, 1.807) is 0 Å². The zero-order chi connectivity index (χ0) is 13.8. The molecule has 100 valence electrons. The molecule has 0 radical (unpaired) electrons. The molecule has 2 nitrogen and oxygen atoms in total. The van der Waals surface area contributed by atoms with E-state index >= 15 is 0 Å². The van der Waals surface area contributed by atoms with E-state index in [1.807, 2.05) is 49.4 Å². The third kappa shape index (κ3) is 3.41. The minimum absolute atomic E-state index is 0.269. The van der Waals surface area contributed by atoms with Gasteiger partial charge in [0, 0.05) is 22.2 Å². The van der Waals surface area contributed by atoms with E-state index in [-0.39, 0.29) is 6.10 Å². The largest absolute Gasteiger partial charge is 0.484 e. The van der Waals surface area contributed by atoms with Gasteiger partial charge in [0.1, 0.15) is 11.9 Å². The molecule has 0 aliphatic heterocycles. The van der Waals surface area contributed by atoms with Crippen LogP contribution in [-0.2, 0) is 0 Å². The third-order valence-electron chi connectivity index (χ3n) is 2.87. The van der Waals surface area contributed by atoms with Crippen molar-refractivity contribution in [1.29, 1.82) is 0 Å². The average molecular weight is 296 g/mol. The lowest BCUT2D eigenvalue weighted by Gasteiger charge is -2.19. The van der Waals surface area contributed by atoms with Crippen LogP contribution in [0.5, 0.6) is 5.75 Å². The molecule has 0 aliphatic rings. The van der Waals surface area contributed by atoms with Gasteiger partial charge in [-0.15, -0.1) is 0 Å². The van der Waals surface area contributed by atoms with Gasteiger partial charge >= 0.3 is 0 Å². The molecular weight excluding hydrogens is 281 g/mol. The molecule has 0 aromatic heterocycles. The number of ether oxygens (including phenoxy) is 1. The topological polar surface area (TPSA) is 35.2 Å². The highest BCUT2D eigenvalue weighted by molar-refractivity contribution is 6.31. The molecular formula is C15H15Cl2NO. The van der Waals surface area contributed by atoms with Crippen LogP contribution in [-0.4, -0.2) is 6.54 Å². The third-order valence-corrected chi connectivity index (χ3v) is 3.64. The van der Waals surface area contributed by atoms with Crippen molar-refractivity contribution in [3.8, 4) is 5.75 Å². The summed E-state index contributed by atoms with van der Waals surface area (Å²) >= 11 is 12.2. The van der Waals surface area contributed by atoms with Crippen molar-refractivity contribution < 1.29 is 4.74 Å². The maximum Gasteiger partial charge on any atom is 0.137 e. The molecule has 2 N–H and O–H groups in total. The van der Waals surface area contributed by atoms with Crippen molar-refractivity contribution in [1.82, 2.24) is 0 Å². The van der Waals surface area contributed by atoms with E-state index < -0.39 is 0 Å². The van der Waals surface area contributed by atoms with Crippen LogP contribution in [0.4, 0.5) is 0 Å². The van der Waals surface area contributed by atoms with Gasteiger partial charge in [-0.2, -0.15) is 0 Å². The number of hydrogen-bond acceptors (Lipinski definition) is 2. The minimum Gasteiger partial charge on any atom is -0.484 e. The van der Waals surface area contributed by atoms with Crippen molar-refractivity contribution in [3.63, 3.8) is 0 Å². The first-order chi connectivity index (χ1) is 9.11. The quantitative estimate of drug-likeness (QED) is 0.908. The molecule has 0 saturated carbocycles. The van der Waals surface area contributed by atoms with Gasteiger partial charge in [-0.1, -0.05) is 41.4 Å². The summed E-state index contributed by atoms with van der Waals surface area (Å²) in [4.78, 5) is 0. The van der Waals surface area contributed by atoms with E-state index in [4.69, 9.17) is 33.7 Å². The Bertz CT molecular complexity index is 572. The van der Waals surface area contributed by atoms with Crippen LogP contribution in [0.2, 0.25) is 10.0 Å². The molecule has 0 bridgehead atoms. The molecule has 2 aromatic rings. The Balaban J connectivity index is 2.24. The van der Waals surface area contributed by atoms with Crippen LogP contribution >= 0.6 is 23.2 Å². The predicted octanol–water partition coefficient (Wildman–Crippen LogP) is 4.38. The SMILES string of the molecule is Cc1cc(OC(CN)c2ccccc2Cl)ccc1Cl. The number of nitrogens with two attached hydrogens (primary N) is 1. The number of halogens is 2. The lowest BCUT2D eigenvalue weighted by molar-refractivity contribution is 0.214. The van der Waals surface area contributed by atoms with Gasteiger partial charge < -0.3 is 10.5 Å². The van der Waals surface area contributed by atoms with Crippen molar-refractivity contribution in [2.75, 3.05) is 6.54 Å². The zero-order valence-electron chi connectivity index (χ0n) is 10.6. The summed E-state index contributed by atoms with van der Waals surface area (Å²) in [5.41, 5.74) is 7.63. The summed E-state index contributed by atoms with van der Waals surface area (Å²) in [6.45, 7) is 2.29. The van der Waals surface area contributed by atoms with Gasteiger partial charge in [0.15, 0.2) is 0 Å². The smallest absolute Gasteiger partial charge is 0.137 e. The molecule has 2 rings (SSSR count). The normalized spacial score (nSPS) is 12.2. The van der Waals surface area contributed by atoms with Gasteiger partial charge in [0.25, 0.3) is 0 Å². The first-order valence-corrected chi connectivity index (χ1v) is 6.74. The fourth-order valence-corrected chi connectivity index (χ4v) is 2.20. The van der Waals surface area contributed by atoms with Crippen molar-refractivity contribution >= 4 is 23.2 Å². The fraction of sp³-hybridized carbons (Fsp3) is 0.200. The van der Waals surface area contributed by atoms with Crippen molar-refractivity contribution in [2.45, 2.75) is 13.0 Å². The molecule has 2 aromatic carbocycles. The second-order valence-electron chi connectivity index (χ2n) is 4.27. The summed E-state index contributed by atoms with van der Waals surface area (Å²) in [7, 11) is 0. The Labute approximate surface area is 123 Å². The van der Waals surface area contributed by atoms with Crippen LogP contribution in [0.1, 0.15) is 17.2 Å². The second-order valence-corrected chi connectivity index (χ2v) is 5.09. The number of benzene rings is 2. The van der Waals surface area contributed by atoms with Crippen molar-refractivity contribution in [2.24, 2.45) is 5.73 Å². The molecule has 4 heteroatoms. The van der Waals surface area contributed by atoms with E-state index in [9.17, 15) is 0 Å². The van der Waals surface area contributed by atoms with Gasteiger partial charge in [0.2, 0.25) is 0 Å². The molecule has 0 heterocycles. The van der Waals surface area contributed by atoms with Crippen molar-refractivity contribution in [3.05, 3.63) is 63.6 Å². The van der Waals surface area contributed by atoms with E-state index in [1.165, 1.54) is 0 Å². The minimum atomic E-state index is -0.269. The molecule has 0 fully saturated rings. The lowest BCUT2D eigenvalue weighted by Crippen LogP contribution is -2.18. The zero-order valence-corrected chi connectivity index (χ0v) is 12.1. The van der Waals surface area contributed by atoms with Gasteiger partial charge in [-0.3, -0.25) is 0 Å². The molecule has 0 aliphatic carbocycles. The van der Waals surface area contributed by atoms with E-state index in [0.717, 1.165) is 21.9 Å². The monoisotopic (exact) mass is 295 g/mol. The van der Waals surface area contributed by atoms with Crippen LogP contribution in [0.25, 0.3) is 0 Å². The fourth-order valence-electron chi connectivity index (χ4n) is 1.83. The molecule has 19 heavy (non-hydrogen) atoms. The van der Waals surface area contributed by atoms with Crippen LogP contribution in [0, 0.1) is 6.92 Å². The maximum atomic E-state index is 6.16. The molecule has 1 unspecified atom stereocenters.